The topological polar surface area (TPSA) is 142 Å². The molecule has 9 nitrogen and oxygen atoms in total. The molecule has 0 heterocycles. The molecule has 0 fully saturated rings. The fourth-order valence-corrected chi connectivity index (χ4v) is 3.10. The van der Waals surface area contributed by atoms with Gasteiger partial charge in [-0.3, -0.25) is 24.5 Å². The molecule has 0 saturated carbocycles. The monoisotopic (exact) mass is 449 g/mol. The predicted octanol–water partition coefficient (Wildman–Crippen LogP) is 2.12. The number of nitrogens with two attached hydrogens (primary N) is 1. The van der Waals surface area contributed by atoms with Crippen LogP contribution in [0, 0.1) is 21.7 Å². The maximum Gasteiger partial charge on any atom is 0.306 e. The Bertz CT molecular complexity index is 1010. The average molecular weight is 449 g/mol. The van der Waals surface area contributed by atoms with Gasteiger partial charge < -0.3 is 15.8 Å². The highest BCUT2D eigenvalue weighted by Gasteiger charge is 2.32. The Morgan fingerprint density at radius 2 is 1.78 bits per heavy atom. The number of nitro benzene ring substituents is 1. The summed E-state index contributed by atoms with van der Waals surface area (Å²) in [5, 5.41) is 13.3. The first-order valence-corrected chi connectivity index (χ1v) is 9.55. The van der Waals surface area contributed by atoms with Gasteiger partial charge in [0.15, 0.2) is 11.6 Å². The lowest BCUT2D eigenvalue weighted by Crippen LogP contribution is -2.49. The second-order valence-corrected chi connectivity index (χ2v) is 6.84. The van der Waals surface area contributed by atoms with E-state index in [4.69, 9.17) is 10.5 Å². The van der Waals surface area contributed by atoms with Crippen molar-refractivity contribution in [2.24, 2.45) is 5.73 Å². The van der Waals surface area contributed by atoms with E-state index >= 15 is 0 Å². The first kappa shape index (κ1) is 24.4. The van der Waals surface area contributed by atoms with Crippen LogP contribution in [-0.2, 0) is 25.5 Å². The molecule has 0 bridgehead atoms. The van der Waals surface area contributed by atoms with Gasteiger partial charge in [-0.2, -0.15) is 0 Å². The summed E-state index contributed by atoms with van der Waals surface area (Å²) in [6.45, 7) is 1.67. The minimum Gasteiger partial charge on any atom is -0.466 e. The molecule has 0 aliphatic heterocycles. The standard InChI is InChI=1S/C21H21F2N3O6/c1-2-32-19(28)11-15(13-4-6-14(7-5-13)26(30)31)20(21(24)29)25-18(27)10-12-3-8-16(22)17(23)9-12/h3-9,15,20H,2,10-11H2,1H3,(H2,24,29)(H,25,27)/t15-,20-/m1/s1. The Kier molecular flexibility index (Phi) is 8.33. The van der Waals surface area contributed by atoms with Crippen LogP contribution >= 0.6 is 0 Å². The average Bonchev–Trinajstić information content (AvgIpc) is 2.73. The zero-order valence-electron chi connectivity index (χ0n) is 17.0. The van der Waals surface area contributed by atoms with Crippen LogP contribution in [0.2, 0.25) is 0 Å². The summed E-state index contributed by atoms with van der Waals surface area (Å²) in [6, 6.07) is 6.62. The molecular weight excluding hydrogens is 428 g/mol. The first-order chi connectivity index (χ1) is 15.1. The Labute approximate surface area is 181 Å². The molecule has 32 heavy (non-hydrogen) atoms. The largest absolute Gasteiger partial charge is 0.466 e. The van der Waals surface area contributed by atoms with Crippen LogP contribution in [0.4, 0.5) is 14.5 Å². The molecule has 0 aliphatic rings. The summed E-state index contributed by atoms with van der Waals surface area (Å²) >= 11 is 0. The summed E-state index contributed by atoms with van der Waals surface area (Å²) in [7, 11) is 0. The van der Waals surface area contributed by atoms with Crippen molar-refractivity contribution >= 4 is 23.5 Å². The third-order valence-electron chi connectivity index (χ3n) is 4.60. The summed E-state index contributed by atoms with van der Waals surface area (Å²) in [6.07, 6.45) is -0.724. The number of primary amides is 1. The van der Waals surface area contributed by atoms with E-state index in [-0.39, 0.29) is 30.7 Å². The molecule has 0 spiro atoms. The number of carbonyl (C=O) groups excluding carboxylic acids is 3. The molecular formula is C21H21F2N3O6. The van der Waals surface area contributed by atoms with Gasteiger partial charge in [0, 0.05) is 18.1 Å². The molecule has 3 N–H and O–H groups in total. The summed E-state index contributed by atoms with van der Waals surface area (Å²) in [5.74, 6) is -5.55. The van der Waals surface area contributed by atoms with Gasteiger partial charge in [0.1, 0.15) is 6.04 Å². The SMILES string of the molecule is CCOC(=O)C[C@H](c1ccc([N+](=O)[O-])cc1)[C@@H](NC(=O)Cc1ccc(F)c(F)c1)C(N)=O. The molecule has 2 aromatic rings. The number of hydrogen-bond donors (Lipinski definition) is 2. The molecule has 11 heteroatoms. The number of non-ortho nitro benzene ring substituents is 1. The maximum atomic E-state index is 13.4. The van der Waals surface area contributed by atoms with E-state index in [9.17, 15) is 33.3 Å². The molecule has 2 aromatic carbocycles. The molecule has 0 unspecified atom stereocenters. The number of hydrogen-bond acceptors (Lipinski definition) is 6. The van der Waals surface area contributed by atoms with E-state index in [0.29, 0.717) is 5.56 Å². The van der Waals surface area contributed by atoms with Crippen LogP contribution in [-0.4, -0.2) is 35.4 Å². The van der Waals surface area contributed by atoms with Crippen molar-refractivity contribution in [2.75, 3.05) is 6.61 Å². The highest BCUT2D eigenvalue weighted by molar-refractivity contribution is 5.89. The predicted molar refractivity (Wildman–Crippen MR) is 108 cm³/mol. The van der Waals surface area contributed by atoms with Crippen LogP contribution in [0.15, 0.2) is 42.5 Å². The lowest BCUT2D eigenvalue weighted by molar-refractivity contribution is -0.384. The van der Waals surface area contributed by atoms with Crippen molar-refractivity contribution in [1.29, 1.82) is 0 Å². The number of nitrogens with one attached hydrogen (secondary N) is 1. The Morgan fingerprint density at radius 3 is 2.31 bits per heavy atom. The molecule has 2 atom stereocenters. The Morgan fingerprint density at radius 1 is 1.12 bits per heavy atom. The normalized spacial score (nSPS) is 12.5. The van der Waals surface area contributed by atoms with Crippen molar-refractivity contribution in [2.45, 2.75) is 31.7 Å². The summed E-state index contributed by atoms with van der Waals surface area (Å²) in [5.41, 5.74) is 5.75. The van der Waals surface area contributed by atoms with Crippen LogP contribution < -0.4 is 11.1 Å². The molecule has 0 aromatic heterocycles. The Hall–Kier alpha value is -3.89. The number of nitro groups is 1. The number of rotatable bonds is 10. The quantitative estimate of drug-likeness (QED) is 0.323. The van der Waals surface area contributed by atoms with Crippen LogP contribution in [0.25, 0.3) is 0 Å². The Balaban J connectivity index is 2.29. The molecule has 0 aliphatic carbocycles. The van der Waals surface area contributed by atoms with E-state index in [1.165, 1.54) is 30.3 Å². The minimum atomic E-state index is -1.38. The number of nitrogens with zero attached hydrogens (tertiary/aromatic N) is 1. The van der Waals surface area contributed by atoms with Crippen LogP contribution in [0.5, 0.6) is 0 Å². The van der Waals surface area contributed by atoms with Gasteiger partial charge in [-0.1, -0.05) is 18.2 Å². The number of halogens is 2. The van der Waals surface area contributed by atoms with Crippen molar-refractivity contribution in [3.05, 3.63) is 75.3 Å². The number of amides is 2. The lowest BCUT2D eigenvalue weighted by Gasteiger charge is -2.25. The lowest BCUT2D eigenvalue weighted by atomic mass is 9.87. The van der Waals surface area contributed by atoms with E-state index in [1.54, 1.807) is 6.92 Å². The smallest absolute Gasteiger partial charge is 0.306 e. The van der Waals surface area contributed by atoms with E-state index in [2.05, 4.69) is 5.32 Å². The fourth-order valence-electron chi connectivity index (χ4n) is 3.10. The summed E-state index contributed by atoms with van der Waals surface area (Å²) < 4.78 is 31.4. The second kappa shape index (κ2) is 10.9. The number of benzene rings is 2. The zero-order chi connectivity index (χ0) is 23.8. The second-order valence-electron chi connectivity index (χ2n) is 6.84. The van der Waals surface area contributed by atoms with Gasteiger partial charge >= 0.3 is 5.97 Å². The molecule has 0 saturated heterocycles. The maximum absolute atomic E-state index is 13.4. The van der Waals surface area contributed by atoms with Gasteiger partial charge in [-0.15, -0.1) is 0 Å². The van der Waals surface area contributed by atoms with E-state index in [1.807, 2.05) is 0 Å². The highest BCUT2D eigenvalue weighted by Crippen LogP contribution is 2.27. The van der Waals surface area contributed by atoms with Crippen molar-refractivity contribution < 1.29 is 32.8 Å². The fraction of sp³-hybridized carbons (Fsp3) is 0.286. The molecule has 2 amide bonds. The van der Waals surface area contributed by atoms with E-state index < -0.39 is 46.3 Å². The van der Waals surface area contributed by atoms with Crippen molar-refractivity contribution in [3.8, 4) is 0 Å². The minimum absolute atomic E-state index is 0.0789. The van der Waals surface area contributed by atoms with E-state index in [0.717, 1.165) is 12.1 Å². The third-order valence-corrected chi connectivity index (χ3v) is 4.60. The van der Waals surface area contributed by atoms with Crippen molar-refractivity contribution in [1.82, 2.24) is 5.32 Å². The van der Waals surface area contributed by atoms with Gasteiger partial charge in [0.2, 0.25) is 11.8 Å². The molecule has 170 valence electrons. The number of esters is 1. The van der Waals surface area contributed by atoms with Crippen molar-refractivity contribution in [3.63, 3.8) is 0 Å². The molecule has 2 rings (SSSR count). The first-order valence-electron chi connectivity index (χ1n) is 9.55. The van der Waals surface area contributed by atoms with Gasteiger partial charge in [0.05, 0.1) is 24.4 Å². The van der Waals surface area contributed by atoms with Gasteiger partial charge in [-0.25, -0.2) is 8.78 Å². The van der Waals surface area contributed by atoms with Gasteiger partial charge in [0.25, 0.3) is 5.69 Å². The third kappa shape index (κ3) is 6.56. The molecule has 0 radical (unpaired) electrons. The highest BCUT2D eigenvalue weighted by atomic mass is 19.2. The number of ether oxygens (including phenoxy) is 1. The number of carbonyl (C=O) groups is 3. The zero-order valence-corrected chi connectivity index (χ0v) is 17.0. The van der Waals surface area contributed by atoms with Crippen LogP contribution in [0.1, 0.15) is 30.4 Å². The van der Waals surface area contributed by atoms with Crippen LogP contribution in [0.3, 0.4) is 0 Å². The summed E-state index contributed by atoms with van der Waals surface area (Å²) in [4.78, 5) is 47.0. The van der Waals surface area contributed by atoms with Gasteiger partial charge in [-0.05, 0) is 30.2 Å².